The lowest BCUT2D eigenvalue weighted by Crippen LogP contribution is -2.46. The standard InChI is InChI=1S/C12H24O5Si/c1-5-18(11-8-6-7-9-16-11)17-10-12(13-2,14-3)15-4/h5,11,18H,1,6-10H2,2-4H3. The van der Waals surface area contributed by atoms with E-state index in [9.17, 15) is 0 Å². The number of ether oxygens (including phenoxy) is 4. The summed E-state index contributed by atoms with van der Waals surface area (Å²) in [5.41, 5.74) is 2.08. The van der Waals surface area contributed by atoms with Gasteiger partial charge in [-0.3, -0.25) is 0 Å². The molecule has 0 saturated carbocycles. The average Bonchev–Trinajstić information content (AvgIpc) is 2.45. The Kier molecular flexibility index (Phi) is 7.06. The zero-order valence-corrected chi connectivity index (χ0v) is 12.7. The highest BCUT2D eigenvalue weighted by molar-refractivity contribution is 6.59. The second-order valence-corrected chi connectivity index (χ2v) is 6.69. The van der Waals surface area contributed by atoms with Crippen molar-refractivity contribution >= 4 is 9.04 Å². The van der Waals surface area contributed by atoms with Gasteiger partial charge in [-0.25, -0.2) is 0 Å². The minimum atomic E-state index is -1.63. The summed E-state index contributed by atoms with van der Waals surface area (Å²) in [6, 6.07) is 0. The van der Waals surface area contributed by atoms with Crippen molar-refractivity contribution in [3.63, 3.8) is 0 Å². The summed E-state index contributed by atoms with van der Waals surface area (Å²) in [6.07, 6.45) is 3.37. The molecule has 0 aliphatic carbocycles. The topological polar surface area (TPSA) is 46.2 Å². The summed E-state index contributed by atoms with van der Waals surface area (Å²) in [6.45, 7) is 4.88. The van der Waals surface area contributed by atoms with Gasteiger partial charge in [-0.1, -0.05) is 5.70 Å². The van der Waals surface area contributed by atoms with E-state index in [1.54, 1.807) is 0 Å². The largest absolute Gasteiger partial charge is 0.405 e. The molecule has 18 heavy (non-hydrogen) atoms. The zero-order chi connectivity index (χ0) is 13.4. The van der Waals surface area contributed by atoms with Crippen molar-refractivity contribution in [1.29, 1.82) is 0 Å². The van der Waals surface area contributed by atoms with E-state index < -0.39 is 15.0 Å². The Morgan fingerprint density at radius 2 is 1.94 bits per heavy atom. The van der Waals surface area contributed by atoms with Crippen LogP contribution in [0.1, 0.15) is 19.3 Å². The maximum atomic E-state index is 5.89. The van der Waals surface area contributed by atoms with E-state index in [1.807, 2.05) is 5.70 Å². The molecule has 6 heteroatoms. The van der Waals surface area contributed by atoms with E-state index in [0.29, 0.717) is 0 Å². The van der Waals surface area contributed by atoms with Crippen molar-refractivity contribution < 1.29 is 23.4 Å². The molecule has 1 rings (SSSR count). The van der Waals surface area contributed by atoms with Crippen LogP contribution >= 0.6 is 0 Å². The fraction of sp³-hybridized carbons (Fsp3) is 0.833. The van der Waals surface area contributed by atoms with Crippen LogP contribution < -0.4 is 0 Å². The third-order valence-electron chi connectivity index (χ3n) is 3.20. The molecule has 106 valence electrons. The molecule has 0 bridgehead atoms. The van der Waals surface area contributed by atoms with Gasteiger partial charge in [0.15, 0.2) is 0 Å². The van der Waals surface area contributed by atoms with Gasteiger partial charge in [-0.2, -0.15) is 0 Å². The molecular formula is C12H24O5Si. The van der Waals surface area contributed by atoms with Crippen molar-refractivity contribution in [3.8, 4) is 0 Å². The average molecular weight is 276 g/mol. The molecule has 0 aromatic rings. The van der Waals surface area contributed by atoms with Crippen LogP contribution in [0.4, 0.5) is 0 Å². The van der Waals surface area contributed by atoms with E-state index >= 15 is 0 Å². The van der Waals surface area contributed by atoms with Gasteiger partial charge in [0.25, 0.3) is 0 Å². The second kappa shape index (κ2) is 8.03. The Balaban J connectivity index is 2.49. The predicted octanol–water partition coefficient (Wildman–Crippen LogP) is 1.15. The molecule has 5 nitrogen and oxygen atoms in total. The van der Waals surface area contributed by atoms with Gasteiger partial charge in [0.1, 0.15) is 6.61 Å². The van der Waals surface area contributed by atoms with Crippen LogP contribution in [0.25, 0.3) is 0 Å². The van der Waals surface area contributed by atoms with E-state index in [0.717, 1.165) is 19.4 Å². The molecule has 1 aliphatic heterocycles. The Morgan fingerprint density at radius 3 is 2.39 bits per heavy atom. The summed E-state index contributed by atoms with van der Waals surface area (Å²) in [4.78, 5) is 0. The van der Waals surface area contributed by atoms with E-state index in [4.69, 9.17) is 23.4 Å². The molecule has 1 saturated heterocycles. The third-order valence-corrected chi connectivity index (χ3v) is 5.47. The van der Waals surface area contributed by atoms with Gasteiger partial charge in [-0.15, -0.1) is 6.58 Å². The highest BCUT2D eigenvalue weighted by Crippen LogP contribution is 2.19. The van der Waals surface area contributed by atoms with Gasteiger partial charge in [0, 0.05) is 27.9 Å². The van der Waals surface area contributed by atoms with E-state index in [2.05, 4.69) is 6.58 Å². The fourth-order valence-electron chi connectivity index (χ4n) is 1.98. The van der Waals surface area contributed by atoms with Crippen LogP contribution in [0, 0.1) is 0 Å². The van der Waals surface area contributed by atoms with Crippen molar-refractivity contribution in [1.82, 2.24) is 0 Å². The summed E-state index contributed by atoms with van der Waals surface area (Å²) >= 11 is 0. The molecule has 0 N–H and O–H groups in total. The monoisotopic (exact) mass is 276 g/mol. The van der Waals surface area contributed by atoms with Gasteiger partial charge in [0.2, 0.25) is 9.04 Å². The fourth-order valence-corrected chi connectivity index (χ4v) is 3.92. The van der Waals surface area contributed by atoms with Crippen molar-refractivity contribution in [2.45, 2.75) is 31.0 Å². The van der Waals surface area contributed by atoms with E-state index in [-0.39, 0.29) is 12.3 Å². The van der Waals surface area contributed by atoms with Gasteiger partial charge >= 0.3 is 5.97 Å². The number of methoxy groups -OCH3 is 3. The summed E-state index contributed by atoms with van der Waals surface area (Å²) in [5.74, 6) is -1.14. The van der Waals surface area contributed by atoms with Crippen molar-refractivity contribution in [2.75, 3.05) is 34.5 Å². The Hall–Kier alpha value is -0.243. The molecule has 0 spiro atoms. The highest BCUT2D eigenvalue weighted by atomic mass is 28.3. The van der Waals surface area contributed by atoms with E-state index in [1.165, 1.54) is 27.8 Å². The maximum absolute atomic E-state index is 5.89. The molecule has 0 aromatic carbocycles. The summed E-state index contributed by atoms with van der Waals surface area (Å²) < 4.78 is 27.2. The van der Waals surface area contributed by atoms with Crippen LogP contribution in [0.2, 0.25) is 0 Å². The Labute approximate surface area is 111 Å². The highest BCUT2D eigenvalue weighted by Gasteiger charge is 2.33. The SMILES string of the molecule is C=C[SiH](OCC(OC)(OC)OC)C1CCCCO1. The van der Waals surface area contributed by atoms with Crippen LogP contribution in [-0.2, 0) is 23.4 Å². The minimum Gasteiger partial charge on any atom is -0.405 e. The lowest BCUT2D eigenvalue weighted by molar-refractivity contribution is -0.361. The van der Waals surface area contributed by atoms with Gasteiger partial charge in [-0.05, 0) is 19.3 Å². The summed E-state index contributed by atoms with van der Waals surface area (Å²) in [5, 5.41) is 0. The number of hydrogen-bond acceptors (Lipinski definition) is 5. The predicted molar refractivity (Wildman–Crippen MR) is 70.6 cm³/mol. The first-order valence-electron chi connectivity index (χ1n) is 6.22. The normalized spacial score (nSPS) is 22.7. The molecule has 0 radical (unpaired) electrons. The summed E-state index contributed by atoms with van der Waals surface area (Å²) in [7, 11) is 2.94. The molecule has 0 aromatic heterocycles. The molecule has 1 heterocycles. The lowest BCUT2D eigenvalue weighted by Gasteiger charge is -2.32. The van der Waals surface area contributed by atoms with Gasteiger partial charge < -0.3 is 23.4 Å². The van der Waals surface area contributed by atoms with Crippen LogP contribution in [0.3, 0.4) is 0 Å². The van der Waals surface area contributed by atoms with Crippen LogP contribution in [0.15, 0.2) is 12.3 Å². The molecular weight excluding hydrogens is 252 g/mol. The first-order chi connectivity index (χ1) is 8.71. The maximum Gasteiger partial charge on any atom is 0.305 e. The van der Waals surface area contributed by atoms with Crippen molar-refractivity contribution in [2.24, 2.45) is 0 Å². The minimum absolute atomic E-state index is 0.194. The van der Waals surface area contributed by atoms with Gasteiger partial charge in [0.05, 0.1) is 5.73 Å². The zero-order valence-electron chi connectivity index (χ0n) is 11.5. The van der Waals surface area contributed by atoms with Crippen molar-refractivity contribution in [3.05, 3.63) is 12.3 Å². The molecule has 2 atom stereocenters. The Morgan fingerprint density at radius 1 is 1.28 bits per heavy atom. The second-order valence-electron chi connectivity index (χ2n) is 4.21. The molecule has 0 amide bonds. The quantitative estimate of drug-likeness (QED) is 0.492. The smallest absolute Gasteiger partial charge is 0.305 e. The first-order valence-corrected chi connectivity index (χ1v) is 8.03. The molecule has 1 aliphatic rings. The number of rotatable bonds is 8. The first kappa shape index (κ1) is 15.8. The third kappa shape index (κ3) is 4.15. The van der Waals surface area contributed by atoms with Crippen LogP contribution in [0.5, 0.6) is 0 Å². The Bertz CT molecular complexity index is 230. The molecule has 2 unspecified atom stereocenters. The number of hydrogen-bond donors (Lipinski definition) is 0. The van der Waals surface area contributed by atoms with Crippen LogP contribution in [-0.4, -0.2) is 55.3 Å². The lowest BCUT2D eigenvalue weighted by atomic mass is 10.2. The molecule has 1 fully saturated rings.